The maximum atomic E-state index is 13.3. The SMILES string of the molecule is Cc1ccc(S(=O)(=O)N2Cc3ccccc3CC2C(=O)NC(C)C)cc1. The molecule has 0 bridgehead atoms. The van der Waals surface area contributed by atoms with E-state index >= 15 is 0 Å². The number of fused-ring (bicyclic) bond motifs is 1. The van der Waals surface area contributed by atoms with E-state index in [1.165, 1.54) is 4.31 Å². The standard InChI is InChI=1S/C20H24N2O3S/c1-14(2)21-20(23)19-12-16-6-4-5-7-17(16)13-22(19)26(24,25)18-10-8-15(3)9-11-18/h4-11,14,19H,12-13H2,1-3H3,(H,21,23). The highest BCUT2D eigenvalue weighted by Crippen LogP contribution is 2.29. The van der Waals surface area contributed by atoms with Crippen LogP contribution in [0.15, 0.2) is 53.4 Å². The molecule has 0 spiro atoms. The Morgan fingerprint density at radius 3 is 2.31 bits per heavy atom. The van der Waals surface area contributed by atoms with Crippen LogP contribution in [0.3, 0.4) is 0 Å². The number of benzene rings is 2. The first kappa shape index (κ1) is 18.6. The molecular weight excluding hydrogens is 348 g/mol. The number of hydrogen-bond donors (Lipinski definition) is 1. The molecule has 26 heavy (non-hydrogen) atoms. The number of nitrogens with zero attached hydrogens (tertiary/aromatic N) is 1. The van der Waals surface area contributed by atoms with Crippen molar-refractivity contribution in [3.63, 3.8) is 0 Å². The lowest BCUT2D eigenvalue weighted by Crippen LogP contribution is -2.53. The molecule has 1 amide bonds. The van der Waals surface area contributed by atoms with Crippen molar-refractivity contribution in [2.45, 2.75) is 50.7 Å². The Morgan fingerprint density at radius 2 is 1.69 bits per heavy atom. The zero-order valence-corrected chi connectivity index (χ0v) is 16.1. The largest absolute Gasteiger partial charge is 0.353 e. The number of aryl methyl sites for hydroxylation is 1. The van der Waals surface area contributed by atoms with E-state index in [1.807, 2.05) is 45.0 Å². The van der Waals surface area contributed by atoms with Gasteiger partial charge in [0.25, 0.3) is 0 Å². The second kappa shape index (κ2) is 7.21. The van der Waals surface area contributed by atoms with Crippen LogP contribution in [-0.2, 0) is 27.8 Å². The molecule has 1 heterocycles. The van der Waals surface area contributed by atoms with Crippen LogP contribution in [0, 0.1) is 6.92 Å². The third kappa shape index (κ3) is 3.66. The Hall–Kier alpha value is -2.18. The summed E-state index contributed by atoms with van der Waals surface area (Å²) >= 11 is 0. The van der Waals surface area contributed by atoms with Crippen LogP contribution in [0.25, 0.3) is 0 Å². The summed E-state index contributed by atoms with van der Waals surface area (Å²) in [6.45, 7) is 5.84. The first-order chi connectivity index (χ1) is 12.3. The molecule has 1 aliphatic rings. The lowest BCUT2D eigenvalue weighted by atomic mass is 9.95. The van der Waals surface area contributed by atoms with Gasteiger partial charge in [0.1, 0.15) is 6.04 Å². The van der Waals surface area contributed by atoms with E-state index in [4.69, 9.17) is 0 Å². The minimum Gasteiger partial charge on any atom is -0.353 e. The summed E-state index contributed by atoms with van der Waals surface area (Å²) in [6.07, 6.45) is 0.375. The highest BCUT2D eigenvalue weighted by atomic mass is 32.2. The number of sulfonamides is 1. The molecule has 2 aromatic carbocycles. The van der Waals surface area contributed by atoms with Gasteiger partial charge in [-0.1, -0.05) is 42.0 Å². The van der Waals surface area contributed by atoms with Crippen molar-refractivity contribution in [2.75, 3.05) is 0 Å². The maximum Gasteiger partial charge on any atom is 0.244 e. The lowest BCUT2D eigenvalue weighted by molar-refractivity contribution is -0.125. The van der Waals surface area contributed by atoms with E-state index in [0.717, 1.165) is 16.7 Å². The van der Waals surface area contributed by atoms with Crippen LogP contribution < -0.4 is 5.32 Å². The van der Waals surface area contributed by atoms with Crippen molar-refractivity contribution in [3.05, 3.63) is 65.2 Å². The van der Waals surface area contributed by atoms with Gasteiger partial charge in [0.05, 0.1) is 4.90 Å². The van der Waals surface area contributed by atoms with Gasteiger partial charge in [-0.2, -0.15) is 4.31 Å². The highest BCUT2D eigenvalue weighted by Gasteiger charge is 2.39. The number of nitrogens with one attached hydrogen (secondary N) is 1. The topological polar surface area (TPSA) is 66.5 Å². The summed E-state index contributed by atoms with van der Waals surface area (Å²) in [7, 11) is -3.78. The molecule has 6 heteroatoms. The van der Waals surface area contributed by atoms with E-state index in [0.29, 0.717) is 6.42 Å². The summed E-state index contributed by atoms with van der Waals surface area (Å²) in [5.74, 6) is -0.259. The monoisotopic (exact) mass is 372 g/mol. The highest BCUT2D eigenvalue weighted by molar-refractivity contribution is 7.89. The van der Waals surface area contributed by atoms with Crippen molar-refractivity contribution >= 4 is 15.9 Å². The second-order valence-corrected chi connectivity index (χ2v) is 8.91. The molecule has 1 aliphatic heterocycles. The third-order valence-electron chi connectivity index (χ3n) is 4.57. The molecule has 0 radical (unpaired) electrons. The van der Waals surface area contributed by atoms with Crippen LogP contribution in [0.2, 0.25) is 0 Å². The Kier molecular flexibility index (Phi) is 5.16. The molecule has 5 nitrogen and oxygen atoms in total. The maximum absolute atomic E-state index is 13.3. The Balaban J connectivity index is 2.03. The molecule has 2 aromatic rings. The molecule has 0 aromatic heterocycles. The summed E-state index contributed by atoms with van der Waals surface area (Å²) in [4.78, 5) is 13.0. The second-order valence-electron chi connectivity index (χ2n) is 7.02. The van der Waals surface area contributed by atoms with E-state index in [1.54, 1.807) is 24.3 Å². The number of amides is 1. The predicted octanol–water partition coefficient (Wildman–Crippen LogP) is 2.64. The molecule has 0 saturated carbocycles. The van der Waals surface area contributed by atoms with Gasteiger partial charge >= 0.3 is 0 Å². The molecule has 1 unspecified atom stereocenters. The van der Waals surface area contributed by atoms with Gasteiger partial charge in [-0.15, -0.1) is 0 Å². The number of carbonyl (C=O) groups is 1. The van der Waals surface area contributed by atoms with Gasteiger partial charge in [-0.3, -0.25) is 4.79 Å². The van der Waals surface area contributed by atoms with Crippen molar-refractivity contribution in [1.29, 1.82) is 0 Å². The quantitative estimate of drug-likeness (QED) is 0.897. The fraction of sp³-hybridized carbons (Fsp3) is 0.350. The minimum absolute atomic E-state index is 0.0522. The summed E-state index contributed by atoms with van der Waals surface area (Å²) < 4.78 is 27.8. The van der Waals surface area contributed by atoms with E-state index < -0.39 is 16.1 Å². The molecule has 0 fully saturated rings. The average molecular weight is 372 g/mol. The van der Waals surface area contributed by atoms with Gasteiger partial charge in [0.2, 0.25) is 15.9 Å². The summed E-state index contributed by atoms with van der Waals surface area (Å²) in [5.41, 5.74) is 2.95. The van der Waals surface area contributed by atoms with E-state index in [2.05, 4.69) is 5.32 Å². The molecule has 0 saturated heterocycles. The van der Waals surface area contributed by atoms with Crippen molar-refractivity contribution in [3.8, 4) is 0 Å². The number of rotatable bonds is 4. The Labute approximate surface area is 155 Å². The zero-order valence-electron chi connectivity index (χ0n) is 15.3. The Bertz CT molecular complexity index is 905. The lowest BCUT2D eigenvalue weighted by Gasteiger charge is -2.35. The van der Waals surface area contributed by atoms with Gasteiger partial charge in [-0.25, -0.2) is 8.42 Å². The first-order valence-corrected chi connectivity index (χ1v) is 10.2. The zero-order chi connectivity index (χ0) is 18.9. The first-order valence-electron chi connectivity index (χ1n) is 8.74. The van der Waals surface area contributed by atoms with Crippen LogP contribution in [0.1, 0.15) is 30.5 Å². The van der Waals surface area contributed by atoms with Crippen molar-refractivity contribution in [2.24, 2.45) is 0 Å². The van der Waals surface area contributed by atoms with Crippen molar-refractivity contribution < 1.29 is 13.2 Å². The molecule has 3 rings (SSSR count). The number of carbonyl (C=O) groups excluding carboxylic acids is 1. The Morgan fingerprint density at radius 1 is 1.08 bits per heavy atom. The minimum atomic E-state index is -3.78. The van der Waals surface area contributed by atoms with Crippen LogP contribution >= 0.6 is 0 Å². The van der Waals surface area contributed by atoms with Crippen molar-refractivity contribution in [1.82, 2.24) is 9.62 Å². The van der Waals surface area contributed by atoms with E-state index in [9.17, 15) is 13.2 Å². The van der Waals surface area contributed by atoms with Crippen LogP contribution in [0.5, 0.6) is 0 Å². The molecule has 1 N–H and O–H groups in total. The fourth-order valence-corrected chi connectivity index (χ4v) is 4.77. The van der Waals surface area contributed by atoms with Gasteiger partial charge in [-0.05, 0) is 50.5 Å². The smallest absolute Gasteiger partial charge is 0.244 e. The van der Waals surface area contributed by atoms with Gasteiger partial charge in [0, 0.05) is 12.6 Å². The molecule has 1 atom stereocenters. The fourth-order valence-electron chi connectivity index (χ4n) is 3.20. The average Bonchev–Trinajstić information content (AvgIpc) is 2.60. The normalized spacial score (nSPS) is 17.8. The number of hydrogen-bond acceptors (Lipinski definition) is 3. The van der Waals surface area contributed by atoms with Crippen LogP contribution in [-0.4, -0.2) is 30.7 Å². The molecular formula is C20H24N2O3S. The third-order valence-corrected chi connectivity index (χ3v) is 6.44. The van der Waals surface area contributed by atoms with Crippen LogP contribution in [0.4, 0.5) is 0 Å². The van der Waals surface area contributed by atoms with Gasteiger partial charge in [0.15, 0.2) is 0 Å². The van der Waals surface area contributed by atoms with E-state index in [-0.39, 0.29) is 23.4 Å². The summed E-state index contributed by atoms with van der Waals surface area (Å²) in [5, 5.41) is 2.86. The van der Waals surface area contributed by atoms with Gasteiger partial charge < -0.3 is 5.32 Å². The summed E-state index contributed by atoms with van der Waals surface area (Å²) in [6, 6.07) is 13.6. The predicted molar refractivity (Wildman–Crippen MR) is 101 cm³/mol. The molecule has 138 valence electrons. The molecule has 0 aliphatic carbocycles.